The van der Waals surface area contributed by atoms with Crippen molar-refractivity contribution in [2.75, 3.05) is 0 Å². The molecule has 2 heterocycles. The van der Waals surface area contributed by atoms with Gasteiger partial charge in [0, 0.05) is 29.2 Å². The van der Waals surface area contributed by atoms with Gasteiger partial charge >= 0.3 is 5.97 Å². The van der Waals surface area contributed by atoms with Gasteiger partial charge in [-0.25, -0.2) is 0 Å². The molecule has 242 valence electrons. The number of nitrogens with zero attached hydrogens (tertiary/aromatic N) is 1. The van der Waals surface area contributed by atoms with Crippen LogP contribution in [0.4, 0.5) is 0 Å². The number of ether oxygens (including phenoxy) is 2. The highest BCUT2D eigenvalue weighted by molar-refractivity contribution is 6.74. The molecule has 0 bridgehead atoms. The monoisotopic (exact) mass is 619 g/mol. The maximum atomic E-state index is 12.6. The van der Waals surface area contributed by atoms with Crippen molar-refractivity contribution in [2.24, 2.45) is 5.41 Å². The number of hydrogen-bond donors (Lipinski definition) is 0. The van der Waals surface area contributed by atoms with Gasteiger partial charge in [0.2, 0.25) is 0 Å². The Bertz CT molecular complexity index is 1400. The van der Waals surface area contributed by atoms with Crippen molar-refractivity contribution in [2.45, 2.75) is 162 Å². The van der Waals surface area contributed by atoms with Crippen LogP contribution in [0.2, 0.25) is 18.1 Å². The van der Waals surface area contributed by atoms with Gasteiger partial charge in [-0.15, -0.1) is 0 Å². The normalized spacial score (nSPS) is 24.5. The molecule has 44 heavy (non-hydrogen) atoms. The Hall–Kier alpha value is -2.02. The smallest absolute Gasteiger partial charge is 0.303 e. The minimum Gasteiger partial charge on any atom is -0.455 e. The standard InChI is InChI=1S/C38H57NO4Si/c1-23(2)31-29-30(38(20-14-15-21-38)42-33(29)25-16-18-26(19-17-25)35(4,5)6)28-27(43-44(12,13)36(7,8)9)22-37(10,11)34(32(28)39-31)41-24(3)40/h16-19,23,27,33-34H,14-15,20-22H2,1-13H3/t27?,33-,34+/m1/s1. The predicted molar refractivity (Wildman–Crippen MR) is 180 cm³/mol. The average Bonchev–Trinajstić information content (AvgIpc) is 3.49. The summed E-state index contributed by atoms with van der Waals surface area (Å²) in [6.45, 7) is 28.8. The van der Waals surface area contributed by atoms with Crippen LogP contribution in [0, 0.1) is 5.41 Å². The molecule has 5 nitrogen and oxygen atoms in total. The second-order valence-corrected chi connectivity index (χ2v) is 22.1. The van der Waals surface area contributed by atoms with Gasteiger partial charge in [-0.05, 0) is 65.4 Å². The molecule has 1 unspecified atom stereocenters. The van der Waals surface area contributed by atoms with Crippen LogP contribution in [0.5, 0.6) is 0 Å². The number of benzene rings is 1. The van der Waals surface area contributed by atoms with E-state index in [1.165, 1.54) is 29.2 Å². The second-order valence-electron chi connectivity index (χ2n) is 17.4. The molecule has 1 saturated carbocycles. The highest BCUT2D eigenvalue weighted by Crippen LogP contribution is 2.62. The van der Waals surface area contributed by atoms with Crippen LogP contribution in [-0.2, 0) is 29.7 Å². The molecule has 1 aromatic carbocycles. The summed E-state index contributed by atoms with van der Waals surface area (Å²) in [7, 11) is -2.18. The molecule has 1 aromatic heterocycles. The zero-order chi connectivity index (χ0) is 32.6. The van der Waals surface area contributed by atoms with E-state index < -0.39 is 20.0 Å². The highest BCUT2D eigenvalue weighted by atomic mass is 28.4. The van der Waals surface area contributed by atoms with Crippen LogP contribution in [0.1, 0.15) is 172 Å². The van der Waals surface area contributed by atoms with Crippen molar-refractivity contribution in [1.29, 1.82) is 0 Å². The molecule has 0 saturated heterocycles. The quantitative estimate of drug-likeness (QED) is 0.246. The number of carbonyl (C=O) groups is 1. The first-order chi connectivity index (χ1) is 20.2. The van der Waals surface area contributed by atoms with Crippen molar-refractivity contribution in [3.05, 3.63) is 63.5 Å². The SMILES string of the molecule is CC(=O)O[C@H]1c2nc(C(C)C)c3c(c2C(O[Si](C)(C)C(C)(C)C)CC1(C)C)C1(CCCC1)O[C@@H]3c1ccc(C(C)(C)C)cc1. The van der Waals surface area contributed by atoms with E-state index in [1.807, 2.05) is 0 Å². The Morgan fingerprint density at radius 3 is 2.09 bits per heavy atom. The number of fused-ring (bicyclic) bond motifs is 4. The van der Waals surface area contributed by atoms with E-state index in [9.17, 15) is 4.79 Å². The van der Waals surface area contributed by atoms with Crippen LogP contribution in [0.15, 0.2) is 24.3 Å². The molecular formula is C38H57NO4Si. The summed E-state index contributed by atoms with van der Waals surface area (Å²) in [6, 6.07) is 9.06. The summed E-state index contributed by atoms with van der Waals surface area (Å²) in [4.78, 5) is 18.1. The molecule has 0 radical (unpaired) electrons. The highest BCUT2D eigenvalue weighted by Gasteiger charge is 2.56. The Balaban J connectivity index is 1.82. The molecular weight excluding hydrogens is 563 g/mol. The summed E-state index contributed by atoms with van der Waals surface area (Å²) >= 11 is 0. The van der Waals surface area contributed by atoms with Crippen LogP contribution >= 0.6 is 0 Å². The fraction of sp³-hybridized carbons (Fsp3) is 0.684. The molecule has 2 aromatic rings. The molecule has 1 spiro atoms. The lowest BCUT2D eigenvalue weighted by atomic mass is 9.68. The van der Waals surface area contributed by atoms with E-state index in [1.54, 1.807) is 0 Å². The molecule has 1 aliphatic heterocycles. The number of hydrogen-bond acceptors (Lipinski definition) is 5. The lowest BCUT2D eigenvalue weighted by Gasteiger charge is -2.48. The van der Waals surface area contributed by atoms with E-state index in [2.05, 4.69) is 107 Å². The first-order valence-corrected chi connectivity index (χ1v) is 19.8. The first-order valence-electron chi connectivity index (χ1n) is 16.9. The van der Waals surface area contributed by atoms with Gasteiger partial charge in [0.15, 0.2) is 8.32 Å². The predicted octanol–water partition coefficient (Wildman–Crippen LogP) is 10.5. The largest absolute Gasteiger partial charge is 0.455 e. The van der Waals surface area contributed by atoms with Gasteiger partial charge in [-0.3, -0.25) is 9.78 Å². The Labute approximate surface area is 268 Å². The van der Waals surface area contributed by atoms with E-state index >= 15 is 0 Å². The van der Waals surface area contributed by atoms with Gasteiger partial charge in [0.1, 0.15) is 12.2 Å². The fourth-order valence-electron chi connectivity index (χ4n) is 7.49. The molecule has 6 heteroatoms. The van der Waals surface area contributed by atoms with Crippen molar-refractivity contribution < 1.29 is 18.7 Å². The lowest BCUT2D eigenvalue weighted by molar-refractivity contribution is -0.156. The number of pyridine rings is 1. The van der Waals surface area contributed by atoms with Gasteiger partial charge in [0.05, 0.1) is 17.4 Å². The summed E-state index contributed by atoms with van der Waals surface area (Å²) < 4.78 is 20.9. The maximum Gasteiger partial charge on any atom is 0.303 e. The van der Waals surface area contributed by atoms with Crippen molar-refractivity contribution in [1.82, 2.24) is 4.98 Å². The van der Waals surface area contributed by atoms with Crippen LogP contribution in [0.3, 0.4) is 0 Å². The summed E-state index contributed by atoms with van der Waals surface area (Å²) in [5.41, 5.74) is 7.47. The van der Waals surface area contributed by atoms with Crippen molar-refractivity contribution in [3.8, 4) is 0 Å². The van der Waals surface area contributed by atoms with Crippen molar-refractivity contribution in [3.63, 3.8) is 0 Å². The number of rotatable bonds is 5. The molecule has 3 atom stereocenters. The van der Waals surface area contributed by atoms with Crippen LogP contribution in [-0.4, -0.2) is 19.3 Å². The number of esters is 1. The third-order valence-electron chi connectivity index (χ3n) is 10.9. The summed E-state index contributed by atoms with van der Waals surface area (Å²) in [5.74, 6) is -0.0943. The Kier molecular flexibility index (Phi) is 8.38. The lowest BCUT2D eigenvalue weighted by Crippen LogP contribution is -2.45. The number of carbonyl (C=O) groups excluding carboxylic acids is 1. The van der Waals surface area contributed by atoms with Gasteiger partial charge in [0.25, 0.3) is 0 Å². The summed E-state index contributed by atoms with van der Waals surface area (Å²) in [5, 5.41) is 0.0530. The van der Waals surface area contributed by atoms with E-state index in [0.29, 0.717) is 0 Å². The van der Waals surface area contributed by atoms with Gasteiger partial charge in [-0.2, -0.15) is 0 Å². The number of aromatic nitrogens is 1. The van der Waals surface area contributed by atoms with Gasteiger partial charge < -0.3 is 13.9 Å². The average molecular weight is 620 g/mol. The minimum atomic E-state index is -2.18. The van der Waals surface area contributed by atoms with Crippen LogP contribution < -0.4 is 0 Å². The molecule has 0 amide bonds. The van der Waals surface area contributed by atoms with E-state index in [0.717, 1.165) is 49.1 Å². The van der Waals surface area contributed by atoms with E-state index in [-0.39, 0.29) is 40.0 Å². The zero-order valence-electron chi connectivity index (χ0n) is 29.7. The van der Waals surface area contributed by atoms with Gasteiger partial charge in [-0.1, -0.05) is 106 Å². The molecule has 2 aliphatic carbocycles. The Morgan fingerprint density at radius 1 is 1.00 bits per heavy atom. The fourth-order valence-corrected chi connectivity index (χ4v) is 8.76. The maximum absolute atomic E-state index is 12.6. The zero-order valence-corrected chi connectivity index (χ0v) is 30.7. The Morgan fingerprint density at radius 2 is 1.59 bits per heavy atom. The topological polar surface area (TPSA) is 57.7 Å². The minimum absolute atomic E-state index is 0.0530. The molecule has 0 N–H and O–H groups in total. The third-order valence-corrected chi connectivity index (χ3v) is 15.4. The molecule has 1 fully saturated rings. The summed E-state index contributed by atoms with van der Waals surface area (Å²) in [6.07, 6.45) is 4.23. The molecule has 5 rings (SSSR count). The molecule has 3 aliphatic rings. The second kappa shape index (κ2) is 11.1. The first kappa shape index (κ1) is 33.3. The van der Waals surface area contributed by atoms with Crippen molar-refractivity contribution >= 4 is 14.3 Å². The van der Waals surface area contributed by atoms with Crippen LogP contribution in [0.25, 0.3) is 0 Å². The van der Waals surface area contributed by atoms with E-state index in [4.69, 9.17) is 18.9 Å². The third kappa shape index (κ3) is 5.73.